The lowest BCUT2D eigenvalue weighted by Gasteiger charge is -2.17. The molecule has 0 bridgehead atoms. The SMILES string of the molecule is CC[NH+](CC(=O)Nc1ccccc1Br)Cc1nc2ccccc2c(=O)[nH]1. The van der Waals surface area contributed by atoms with Gasteiger partial charge in [0.15, 0.2) is 12.4 Å². The van der Waals surface area contributed by atoms with Crippen molar-refractivity contribution in [3.05, 3.63) is 69.2 Å². The second-order valence-electron chi connectivity index (χ2n) is 6.01. The molecule has 6 nitrogen and oxygen atoms in total. The summed E-state index contributed by atoms with van der Waals surface area (Å²) in [7, 11) is 0. The number of carbonyl (C=O) groups excluding carboxylic acids is 1. The number of nitrogens with zero attached hydrogens (tertiary/aromatic N) is 1. The summed E-state index contributed by atoms with van der Waals surface area (Å²) in [6, 6.07) is 14.7. The smallest absolute Gasteiger partial charge is 0.279 e. The van der Waals surface area contributed by atoms with Gasteiger partial charge in [0.1, 0.15) is 6.54 Å². The van der Waals surface area contributed by atoms with Crippen molar-refractivity contribution in [2.45, 2.75) is 13.5 Å². The van der Waals surface area contributed by atoms with Crippen LogP contribution in [0.15, 0.2) is 57.8 Å². The minimum Gasteiger partial charge on any atom is -0.321 e. The van der Waals surface area contributed by atoms with Crippen molar-refractivity contribution in [1.82, 2.24) is 9.97 Å². The van der Waals surface area contributed by atoms with E-state index in [0.717, 1.165) is 21.6 Å². The van der Waals surface area contributed by atoms with Crippen LogP contribution in [-0.2, 0) is 11.3 Å². The number of hydrogen-bond acceptors (Lipinski definition) is 3. The van der Waals surface area contributed by atoms with Gasteiger partial charge in [-0.15, -0.1) is 0 Å². The Balaban J connectivity index is 1.70. The van der Waals surface area contributed by atoms with Crippen LogP contribution in [0.2, 0.25) is 0 Å². The summed E-state index contributed by atoms with van der Waals surface area (Å²) in [4.78, 5) is 32.9. The Kier molecular flexibility index (Phi) is 5.80. The van der Waals surface area contributed by atoms with E-state index in [9.17, 15) is 9.59 Å². The largest absolute Gasteiger partial charge is 0.321 e. The molecule has 0 aliphatic heterocycles. The number of nitrogens with one attached hydrogen (secondary N) is 3. The fourth-order valence-corrected chi connectivity index (χ4v) is 3.14. The highest BCUT2D eigenvalue weighted by atomic mass is 79.9. The van der Waals surface area contributed by atoms with Crippen molar-refractivity contribution in [3.8, 4) is 0 Å². The lowest BCUT2D eigenvalue weighted by molar-refractivity contribution is -0.904. The zero-order chi connectivity index (χ0) is 18.5. The highest BCUT2D eigenvalue weighted by Crippen LogP contribution is 2.20. The molecule has 0 saturated carbocycles. The molecule has 7 heteroatoms. The third-order valence-corrected chi connectivity index (χ3v) is 4.83. The Labute approximate surface area is 159 Å². The minimum atomic E-state index is -0.154. The molecule has 134 valence electrons. The number of likely N-dealkylation sites (N-methyl/N-ethyl adjacent to an activating group) is 1. The normalized spacial score (nSPS) is 12.1. The zero-order valence-electron chi connectivity index (χ0n) is 14.4. The molecule has 1 unspecified atom stereocenters. The van der Waals surface area contributed by atoms with Gasteiger partial charge in [0.25, 0.3) is 11.5 Å². The van der Waals surface area contributed by atoms with Gasteiger partial charge in [0.2, 0.25) is 0 Å². The summed E-state index contributed by atoms with van der Waals surface area (Å²) in [6.45, 7) is 3.49. The molecule has 3 rings (SSSR count). The first-order valence-corrected chi connectivity index (χ1v) is 9.22. The maximum Gasteiger partial charge on any atom is 0.279 e. The average molecular weight is 416 g/mol. The van der Waals surface area contributed by atoms with Gasteiger partial charge in [0, 0.05) is 4.47 Å². The Morgan fingerprint density at radius 3 is 2.69 bits per heavy atom. The van der Waals surface area contributed by atoms with E-state index in [0.29, 0.717) is 23.3 Å². The molecule has 0 aliphatic carbocycles. The number of para-hydroxylation sites is 2. The molecule has 0 radical (unpaired) electrons. The molecular formula is C19H20BrN4O2+. The third kappa shape index (κ3) is 4.36. The molecule has 0 fully saturated rings. The van der Waals surface area contributed by atoms with E-state index in [1.54, 1.807) is 6.07 Å². The number of rotatable bonds is 6. The van der Waals surface area contributed by atoms with Crippen molar-refractivity contribution >= 4 is 38.4 Å². The van der Waals surface area contributed by atoms with Gasteiger partial charge in [-0.25, -0.2) is 4.98 Å². The predicted octanol–water partition coefficient (Wildman–Crippen LogP) is 1.73. The first kappa shape index (κ1) is 18.3. The number of carbonyl (C=O) groups is 1. The molecule has 1 aromatic heterocycles. The van der Waals surface area contributed by atoms with Gasteiger partial charge in [-0.2, -0.15) is 0 Å². The van der Waals surface area contributed by atoms with Crippen LogP contribution in [0.5, 0.6) is 0 Å². The van der Waals surface area contributed by atoms with Gasteiger partial charge < -0.3 is 15.2 Å². The van der Waals surface area contributed by atoms with Crippen molar-refractivity contribution in [2.24, 2.45) is 0 Å². The average Bonchev–Trinajstić information content (AvgIpc) is 2.63. The molecule has 3 aromatic rings. The lowest BCUT2D eigenvalue weighted by Crippen LogP contribution is -3.11. The minimum absolute atomic E-state index is 0.0862. The summed E-state index contributed by atoms with van der Waals surface area (Å²) in [6.07, 6.45) is 0. The molecule has 0 aliphatic rings. The van der Waals surface area contributed by atoms with Gasteiger partial charge in [-0.05, 0) is 47.1 Å². The number of aromatic nitrogens is 2. The maximum atomic E-state index is 12.4. The molecule has 1 atom stereocenters. The maximum absolute atomic E-state index is 12.4. The van der Waals surface area contributed by atoms with Crippen LogP contribution in [0, 0.1) is 0 Å². The Morgan fingerprint density at radius 1 is 1.19 bits per heavy atom. The Morgan fingerprint density at radius 2 is 1.92 bits per heavy atom. The summed E-state index contributed by atoms with van der Waals surface area (Å²) < 4.78 is 0.840. The van der Waals surface area contributed by atoms with E-state index in [-0.39, 0.29) is 18.0 Å². The fraction of sp³-hybridized carbons (Fsp3) is 0.211. The van der Waals surface area contributed by atoms with Crippen LogP contribution in [0.25, 0.3) is 10.9 Å². The molecule has 1 amide bonds. The van der Waals surface area contributed by atoms with Crippen molar-refractivity contribution in [1.29, 1.82) is 0 Å². The van der Waals surface area contributed by atoms with Gasteiger partial charge in [0.05, 0.1) is 23.1 Å². The van der Waals surface area contributed by atoms with E-state index in [1.165, 1.54) is 0 Å². The van der Waals surface area contributed by atoms with E-state index in [2.05, 4.69) is 31.2 Å². The first-order valence-electron chi connectivity index (χ1n) is 8.42. The van der Waals surface area contributed by atoms with E-state index in [1.807, 2.05) is 49.4 Å². The monoisotopic (exact) mass is 415 g/mol. The second-order valence-corrected chi connectivity index (χ2v) is 6.87. The van der Waals surface area contributed by atoms with Crippen LogP contribution in [0.3, 0.4) is 0 Å². The zero-order valence-corrected chi connectivity index (χ0v) is 16.0. The first-order chi connectivity index (χ1) is 12.6. The Bertz CT molecular complexity index is 986. The Hall–Kier alpha value is -2.51. The fourth-order valence-electron chi connectivity index (χ4n) is 2.75. The number of anilines is 1. The van der Waals surface area contributed by atoms with Gasteiger partial charge in [-0.1, -0.05) is 24.3 Å². The molecule has 2 aromatic carbocycles. The van der Waals surface area contributed by atoms with Crippen LogP contribution in [0.4, 0.5) is 5.69 Å². The quantitative estimate of drug-likeness (QED) is 0.573. The molecule has 3 N–H and O–H groups in total. The highest BCUT2D eigenvalue weighted by Gasteiger charge is 2.16. The van der Waals surface area contributed by atoms with Crippen LogP contribution < -0.4 is 15.8 Å². The number of quaternary nitrogens is 1. The van der Waals surface area contributed by atoms with Gasteiger partial charge >= 0.3 is 0 Å². The molecule has 26 heavy (non-hydrogen) atoms. The number of aromatic amines is 1. The number of hydrogen-bond donors (Lipinski definition) is 3. The lowest BCUT2D eigenvalue weighted by atomic mass is 10.2. The van der Waals surface area contributed by atoms with Crippen LogP contribution in [-0.4, -0.2) is 29.0 Å². The highest BCUT2D eigenvalue weighted by molar-refractivity contribution is 9.10. The summed E-state index contributed by atoms with van der Waals surface area (Å²) in [5, 5.41) is 3.47. The summed E-state index contributed by atoms with van der Waals surface area (Å²) in [5.74, 6) is 0.496. The van der Waals surface area contributed by atoms with Crippen molar-refractivity contribution < 1.29 is 9.69 Å². The number of benzene rings is 2. The van der Waals surface area contributed by atoms with Gasteiger partial charge in [-0.3, -0.25) is 9.59 Å². The predicted molar refractivity (Wildman–Crippen MR) is 105 cm³/mol. The second kappa shape index (κ2) is 8.25. The number of H-pyrrole nitrogens is 1. The van der Waals surface area contributed by atoms with E-state index < -0.39 is 0 Å². The van der Waals surface area contributed by atoms with Crippen LogP contribution >= 0.6 is 15.9 Å². The topological polar surface area (TPSA) is 79.3 Å². The molecule has 0 spiro atoms. The number of halogens is 1. The number of fused-ring (bicyclic) bond motifs is 1. The van der Waals surface area contributed by atoms with E-state index in [4.69, 9.17) is 0 Å². The summed E-state index contributed by atoms with van der Waals surface area (Å²) in [5.41, 5.74) is 1.25. The standard InChI is InChI=1S/C19H19BrN4O2/c1-2-24(12-18(25)22-16-10-6-4-8-14(16)20)11-17-21-15-9-5-3-7-13(15)19(26)23-17/h3-10H,2,11-12H2,1H3,(H,22,25)(H,21,23,26)/p+1. The molecule has 0 saturated heterocycles. The molecular weight excluding hydrogens is 396 g/mol. The van der Waals surface area contributed by atoms with Crippen molar-refractivity contribution in [2.75, 3.05) is 18.4 Å². The number of amides is 1. The third-order valence-electron chi connectivity index (χ3n) is 4.14. The summed E-state index contributed by atoms with van der Waals surface area (Å²) >= 11 is 3.42. The molecule has 1 heterocycles. The van der Waals surface area contributed by atoms with Crippen LogP contribution in [0.1, 0.15) is 12.7 Å². The van der Waals surface area contributed by atoms with Crippen molar-refractivity contribution in [3.63, 3.8) is 0 Å². The van der Waals surface area contributed by atoms with E-state index >= 15 is 0 Å².